The van der Waals surface area contributed by atoms with Crippen LogP contribution in [-0.4, -0.2) is 56.3 Å². The topological polar surface area (TPSA) is 85.2 Å². The van der Waals surface area contributed by atoms with Gasteiger partial charge in [0, 0.05) is 30.9 Å². The van der Waals surface area contributed by atoms with Gasteiger partial charge in [0.1, 0.15) is 6.33 Å². The number of anilines is 1. The first-order valence-corrected chi connectivity index (χ1v) is 10.1. The minimum Gasteiger partial charge on any atom is -0.373 e. The highest BCUT2D eigenvalue weighted by molar-refractivity contribution is 6.04. The zero-order valence-corrected chi connectivity index (χ0v) is 17.4. The zero-order valence-electron chi connectivity index (χ0n) is 17.4. The summed E-state index contributed by atoms with van der Waals surface area (Å²) in [4.78, 5) is 15.0. The third-order valence-corrected chi connectivity index (χ3v) is 5.17. The molecule has 4 rings (SSSR count). The maximum Gasteiger partial charge on any atom is 0.255 e. The molecule has 1 N–H and O–H groups in total. The van der Waals surface area contributed by atoms with Crippen molar-refractivity contribution < 1.29 is 9.53 Å². The summed E-state index contributed by atoms with van der Waals surface area (Å²) in [5, 5.41) is 14.2. The number of benzene rings is 2. The van der Waals surface area contributed by atoms with Crippen molar-refractivity contribution in [2.24, 2.45) is 0 Å². The number of aromatic nitrogens is 4. The zero-order chi connectivity index (χ0) is 21.1. The summed E-state index contributed by atoms with van der Waals surface area (Å²) in [6.07, 6.45) is 2.03. The second kappa shape index (κ2) is 8.73. The first-order valence-electron chi connectivity index (χ1n) is 10.1. The predicted molar refractivity (Wildman–Crippen MR) is 114 cm³/mol. The van der Waals surface area contributed by atoms with Crippen molar-refractivity contribution in [1.82, 2.24) is 25.1 Å². The quantitative estimate of drug-likeness (QED) is 0.701. The molecule has 0 radical (unpaired) electrons. The summed E-state index contributed by atoms with van der Waals surface area (Å²) in [7, 11) is 0. The lowest BCUT2D eigenvalue weighted by atomic mass is 10.1. The summed E-state index contributed by atoms with van der Waals surface area (Å²) in [5.74, 6) is -0.135. The number of hydrogen-bond acceptors (Lipinski definition) is 6. The lowest BCUT2D eigenvalue weighted by Crippen LogP contribution is -2.44. The fraction of sp³-hybridized carbons (Fsp3) is 0.364. The van der Waals surface area contributed by atoms with Gasteiger partial charge >= 0.3 is 0 Å². The number of nitrogens with zero attached hydrogens (tertiary/aromatic N) is 5. The molecule has 0 spiro atoms. The molecule has 2 heterocycles. The molecule has 0 bridgehead atoms. The van der Waals surface area contributed by atoms with Gasteiger partial charge in [-0.3, -0.25) is 9.69 Å². The minimum atomic E-state index is -0.135. The molecule has 1 aromatic heterocycles. The van der Waals surface area contributed by atoms with E-state index >= 15 is 0 Å². The molecular weight excluding hydrogens is 380 g/mol. The van der Waals surface area contributed by atoms with E-state index in [4.69, 9.17) is 4.74 Å². The number of hydrogen-bond donors (Lipinski definition) is 1. The molecule has 3 aromatic rings. The Morgan fingerprint density at radius 3 is 2.50 bits per heavy atom. The van der Waals surface area contributed by atoms with Crippen molar-refractivity contribution in [2.75, 3.05) is 18.4 Å². The molecule has 8 heteroatoms. The molecular formula is C22H26N6O2. The fourth-order valence-electron chi connectivity index (χ4n) is 3.90. The third-order valence-electron chi connectivity index (χ3n) is 5.17. The Labute approximate surface area is 175 Å². The molecule has 1 amide bonds. The van der Waals surface area contributed by atoms with Crippen LogP contribution < -0.4 is 5.32 Å². The summed E-state index contributed by atoms with van der Waals surface area (Å²) in [6, 6.07) is 13.4. The van der Waals surface area contributed by atoms with E-state index in [0.717, 1.165) is 36.6 Å². The number of morpholine rings is 1. The molecule has 1 aliphatic heterocycles. The van der Waals surface area contributed by atoms with Crippen LogP contribution in [0.1, 0.15) is 35.3 Å². The van der Waals surface area contributed by atoms with Gasteiger partial charge < -0.3 is 10.1 Å². The Morgan fingerprint density at radius 1 is 1.13 bits per heavy atom. The van der Waals surface area contributed by atoms with Crippen LogP contribution in [0.15, 0.2) is 48.8 Å². The van der Waals surface area contributed by atoms with Crippen LogP contribution in [0.2, 0.25) is 0 Å². The highest BCUT2D eigenvalue weighted by atomic mass is 16.5. The van der Waals surface area contributed by atoms with E-state index in [-0.39, 0.29) is 18.1 Å². The van der Waals surface area contributed by atoms with Gasteiger partial charge in [-0.15, -0.1) is 5.10 Å². The van der Waals surface area contributed by atoms with Crippen LogP contribution in [0.3, 0.4) is 0 Å². The molecule has 0 saturated carbocycles. The number of carbonyl (C=O) groups excluding carboxylic acids is 1. The number of rotatable bonds is 5. The Bertz CT molecular complexity index is 993. The van der Waals surface area contributed by atoms with Crippen molar-refractivity contribution in [1.29, 1.82) is 0 Å². The summed E-state index contributed by atoms with van der Waals surface area (Å²) in [6.45, 7) is 8.87. The van der Waals surface area contributed by atoms with Crippen molar-refractivity contribution in [3.8, 4) is 5.69 Å². The van der Waals surface area contributed by atoms with Gasteiger partial charge in [0.05, 0.1) is 17.9 Å². The van der Waals surface area contributed by atoms with Gasteiger partial charge in [-0.25, -0.2) is 4.68 Å². The molecule has 8 nitrogen and oxygen atoms in total. The molecule has 1 aliphatic rings. The summed E-state index contributed by atoms with van der Waals surface area (Å²) >= 11 is 0. The van der Waals surface area contributed by atoms with Crippen molar-refractivity contribution in [2.45, 2.75) is 39.5 Å². The van der Waals surface area contributed by atoms with Crippen LogP contribution in [0.25, 0.3) is 5.69 Å². The average molecular weight is 406 g/mol. The maximum atomic E-state index is 12.7. The highest BCUT2D eigenvalue weighted by Crippen LogP contribution is 2.19. The number of amides is 1. The lowest BCUT2D eigenvalue weighted by molar-refractivity contribution is -0.0704. The van der Waals surface area contributed by atoms with E-state index in [2.05, 4.69) is 39.6 Å². The van der Waals surface area contributed by atoms with Gasteiger partial charge in [0.15, 0.2) is 0 Å². The van der Waals surface area contributed by atoms with Crippen LogP contribution in [-0.2, 0) is 11.3 Å². The van der Waals surface area contributed by atoms with E-state index < -0.39 is 0 Å². The molecule has 0 aliphatic carbocycles. The third kappa shape index (κ3) is 4.72. The van der Waals surface area contributed by atoms with Crippen LogP contribution >= 0.6 is 0 Å². The largest absolute Gasteiger partial charge is 0.373 e. The molecule has 156 valence electrons. The molecule has 30 heavy (non-hydrogen) atoms. The molecule has 2 atom stereocenters. The molecule has 2 unspecified atom stereocenters. The van der Waals surface area contributed by atoms with Crippen LogP contribution in [0, 0.1) is 6.92 Å². The van der Waals surface area contributed by atoms with Crippen LogP contribution in [0.5, 0.6) is 0 Å². The van der Waals surface area contributed by atoms with Gasteiger partial charge in [0.2, 0.25) is 0 Å². The second-order valence-corrected chi connectivity index (χ2v) is 7.86. The lowest BCUT2D eigenvalue weighted by Gasteiger charge is -2.35. The summed E-state index contributed by atoms with van der Waals surface area (Å²) in [5.41, 5.74) is 4.38. The van der Waals surface area contributed by atoms with Crippen molar-refractivity contribution in [3.05, 3.63) is 65.5 Å². The average Bonchev–Trinajstić information content (AvgIpc) is 3.22. The first-order chi connectivity index (χ1) is 14.5. The van der Waals surface area contributed by atoms with E-state index in [1.165, 1.54) is 5.56 Å². The highest BCUT2D eigenvalue weighted by Gasteiger charge is 2.22. The Hall–Kier alpha value is -3.10. The molecule has 1 fully saturated rings. The SMILES string of the molecule is Cc1cc(NC(=O)c2ccc(CN3CC(C)OC(C)C3)cc2)ccc1-n1cnnn1. The van der Waals surface area contributed by atoms with E-state index in [1.54, 1.807) is 11.0 Å². The van der Waals surface area contributed by atoms with Gasteiger partial charge in [0.25, 0.3) is 5.91 Å². The van der Waals surface area contributed by atoms with Gasteiger partial charge in [-0.2, -0.15) is 0 Å². The van der Waals surface area contributed by atoms with Crippen molar-refractivity contribution >= 4 is 11.6 Å². The fourth-order valence-corrected chi connectivity index (χ4v) is 3.90. The number of aryl methyl sites for hydroxylation is 1. The van der Waals surface area contributed by atoms with E-state index in [1.807, 2.05) is 49.4 Å². The van der Waals surface area contributed by atoms with Crippen LogP contribution in [0.4, 0.5) is 5.69 Å². The van der Waals surface area contributed by atoms with Gasteiger partial charge in [-0.1, -0.05) is 12.1 Å². The number of tetrazole rings is 1. The number of ether oxygens (including phenoxy) is 1. The van der Waals surface area contributed by atoms with E-state index in [0.29, 0.717) is 5.56 Å². The van der Waals surface area contributed by atoms with Crippen molar-refractivity contribution in [3.63, 3.8) is 0 Å². The molecule has 2 aromatic carbocycles. The number of nitrogens with one attached hydrogen (secondary N) is 1. The van der Waals surface area contributed by atoms with Gasteiger partial charge in [-0.05, 0) is 72.7 Å². The smallest absolute Gasteiger partial charge is 0.255 e. The standard InChI is InChI=1S/C22H26N6O2/c1-15-10-20(8-9-21(15)28-14-23-25-26-28)24-22(29)19-6-4-18(5-7-19)13-27-11-16(2)30-17(3)12-27/h4-10,14,16-17H,11-13H2,1-3H3,(H,24,29). The normalized spacial score (nSPS) is 19.6. The Balaban J connectivity index is 1.38. The Morgan fingerprint density at radius 2 is 1.87 bits per heavy atom. The monoisotopic (exact) mass is 406 g/mol. The minimum absolute atomic E-state index is 0.135. The predicted octanol–water partition coefficient (Wildman–Crippen LogP) is 2.83. The molecule has 1 saturated heterocycles. The van der Waals surface area contributed by atoms with E-state index in [9.17, 15) is 4.79 Å². The summed E-state index contributed by atoms with van der Waals surface area (Å²) < 4.78 is 7.39. The Kier molecular flexibility index (Phi) is 5.87. The number of carbonyl (C=O) groups is 1. The maximum absolute atomic E-state index is 12.7. The second-order valence-electron chi connectivity index (χ2n) is 7.86. The first kappa shape index (κ1) is 20.2.